The van der Waals surface area contributed by atoms with Crippen LogP contribution in [0.15, 0.2) is 102 Å². The Morgan fingerprint density at radius 3 is 2.03 bits per heavy atom. The van der Waals surface area contributed by atoms with Gasteiger partial charge in [-0.3, -0.25) is 9.59 Å². The number of carbonyl (C=O) groups is 4. The number of benzene rings is 4. The maximum absolute atomic E-state index is 14.1. The first-order valence-corrected chi connectivity index (χ1v) is 12.4. The summed E-state index contributed by atoms with van der Waals surface area (Å²) < 4.78 is 14.1. The molecular weight excluding hydrogens is 523 g/mol. The van der Waals surface area contributed by atoms with Crippen molar-refractivity contribution < 1.29 is 33.8 Å². The molecule has 39 heavy (non-hydrogen) atoms. The molecule has 0 aliphatic heterocycles. The zero-order valence-corrected chi connectivity index (χ0v) is 20.9. The molecule has 1 unspecified atom stereocenters. The molecule has 196 valence electrons. The Labute approximate surface area is 226 Å². The van der Waals surface area contributed by atoms with Crippen LogP contribution in [0.2, 0.25) is 0 Å². The fourth-order valence-corrected chi connectivity index (χ4v) is 4.69. The standard InChI is InChI=1S/C29H21FN2O6S/c30-23-8-4-5-9-24(23)32-27(34)25(17-6-2-1-3-7-17)39-20-13-11-19(12-14-20)31-26(33)21-15-10-18(28(35)36)16-22(21)29(37)38/h1-16,25H,(H,31,33)(H,32,34)(H,35,36)(H,37,38). The summed E-state index contributed by atoms with van der Waals surface area (Å²) in [5.41, 5.74) is 0.248. The van der Waals surface area contributed by atoms with Crippen LogP contribution in [0.4, 0.5) is 15.8 Å². The second kappa shape index (κ2) is 12.1. The van der Waals surface area contributed by atoms with Crippen molar-refractivity contribution in [2.24, 2.45) is 0 Å². The van der Waals surface area contributed by atoms with Crippen molar-refractivity contribution >= 4 is 46.9 Å². The molecule has 0 aromatic heterocycles. The summed E-state index contributed by atoms with van der Waals surface area (Å²) in [6.07, 6.45) is 0. The Morgan fingerprint density at radius 1 is 0.718 bits per heavy atom. The van der Waals surface area contributed by atoms with E-state index in [9.17, 15) is 28.7 Å². The number of hydrogen-bond donors (Lipinski definition) is 4. The maximum Gasteiger partial charge on any atom is 0.336 e. The van der Waals surface area contributed by atoms with Crippen LogP contribution < -0.4 is 10.6 Å². The zero-order chi connectivity index (χ0) is 27.9. The Balaban J connectivity index is 1.51. The number of nitrogens with one attached hydrogen (secondary N) is 2. The molecule has 0 aliphatic carbocycles. The smallest absolute Gasteiger partial charge is 0.336 e. The number of rotatable bonds is 9. The van der Waals surface area contributed by atoms with Crippen molar-refractivity contribution in [3.05, 3.63) is 125 Å². The highest BCUT2D eigenvalue weighted by atomic mass is 32.2. The second-order valence-electron chi connectivity index (χ2n) is 8.23. The summed E-state index contributed by atoms with van der Waals surface area (Å²) in [6, 6.07) is 24.6. The van der Waals surface area contributed by atoms with Crippen molar-refractivity contribution in [3.63, 3.8) is 0 Å². The highest BCUT2D eigenvalue weighted by molar-refractivity contribution is 8.00. The minimum atomic E-state index is -1.43. The highest BCUT2D eigenvalue weighted by Gasteiger charge is 2.23. The van der Waals surface area contributed by atoms with E-state index in [4.69, 9.17) is 5.11 Å². The van der Waals surface area contributed by atoms with Crippen molar-refractivity contribution in [2.75, 3.05) is 10.6 Å². The van der Waals surface area contributed by atoms with Crippen LogP contribution in [0.3, 0.4) is 0 Å². The Bertz CT molecular complexity index is 1540. The molecule has 4 rings (SSSR count). The lowest BCUT2D eigenvalue weighted by Gasteiger charge is -2.18. The molecule has 0 saturated heterocycles. The van der Waals surface area contributed by atoms with Gasteiger partial charge >= 0.3 is 11.9 Å². The molecule has 2 amide bonds. The van der Waals surface area contributed by atoms with Crippen LogP contribution in [-0.4, -0.2) is 34.0 Å². The quantitative estimate of drug-likeness (QED) is 0.192. The van der Waals surface area contributed by atoms with Gasteiger partial charge in [0.15, 0.2) is 0 Å². The Hall–Kier alpha value is -4.96. The number of carbonyl (C=O) groups excluding carboxylic acids is 2. The average molecular weight is 545 g/mol. The molecule has 0 aliphatic rings. The molecule has 0 heterocycles. The number of carboxylic acid groups (broad SMARTS) is 2. The number of anilines is 2. The molecule has 0 bridgehead atoms. The molecule has 0 fully saturated rings. The average Bonchev–Trinajstić information content (AvgIpc) is 2.93. The highest BCUT2D eigenvalue weighted by Crippen LogP contribution is 2.37. The van der Waals surface area contributed by atoms with E-state index in [1.807, 2.05) is 6.07 Å². The van der Waals surface area contributed by atoms with Crippen molar-refractivity contribution in [2.45, 2.75) is 10.1 Å². The first kappa shape index (κ1) is 27.1. The normalized spacial score (nSPS) is 11.3. The summed E-state index contributed by atoms with van der Waals surface area (Å²) in [5, 5.41) is 23.0. The van der Waals surface area contributed by atoms with Gasteiger partial charge in [-0.05, 0) is 60.2 Å². The van der Waals surface area contributed by atoms with E-state index in [1.54, 1.807) is 54.6 Å². The van der Waals surface area contributed by atoms with E-state index in [0.717, 1.165) is 18.2 Å². The first-order chi connectivity index (χ1) is 18.7. The van der Waals surface area contributed by atoms with Gasteiger partial charge in [-0.25, -0.2) is 14.0 Å². The number of amides is 2. The lowest BCUT2D eigenvalue weighted by Crippen LogP contribution is -2.19. The summed E-state index contributed by atoms with van der Waals surface area (Å²) >= 11 is 1.23. The second-order valence-corrected chi connectivity index (χ2v) is 9.41. The number of halogens is 1. The van der Waals surface area contributed by atoms with Gasteiger partial charge in [-0.1, -0.05) is 42.5 Å². The predicted molar refractivity (Wildman–Crippen MR) is 145 cm³/mol. The molecule has 0 radical (unpaired) electrons. The van der Waals surface area contributed by atoms with E-state index in [2.05, 4.69) is 10.6 Å². The van der Waals surface area contributed by atoms with Gasteiger partial charge in [-0.2, -0.15) is 0 Å². The van der Waals surface area contributed by atoms with Gasteiger partial charge in [0.05, 0.1) is 22.4 Å². The molecule has 0 saturated carbocycles. The molecule has 1 atom stereocenters. The van der Waals surface area contributed by atoms with Crippen molar-refractivity contribution in [1.29, 1.82) is 0 Å². The fraction of sp³-hybridized carbons (Fsp3) is 0.0345. The van der Waals surface area contributed by atoms with Crippen LogP contribution in [0.5, 0.6) is 0 Å². The molecule has 0 spiro atoms. The lowest BCUT2D eigenvalue weighted by molar-refractivity contribution is -0.115. The molecule has 4 aromatic rings. The topological polar surface area (TPSA) is 133 Å². The number of hydrogen-bond acceptors (Lipinski definition) is 5. The third kappa shape index (κ3) is 6.68. The number of para-hydroxylation sites is 1. The molecule has 8 nitrogen and oxygen atoms in total. The van der Waals surface area contributed by atoms with Crippen LogP contribution in [-0.2, 0) is 4.79 Å². The van der Waals surface area contributed by atoms with Crippen LogP contribution in [0.1, 0.15) is 41.9 Å². The molecule has 10 heteroatoms. The summed E-state index contributed by atoms with van der Waals surface area (Å²) in [4.78, 5) is 49.3. The maximum atomic E-state index is 14.1. The molecule has 4 aromatic carbocycles. The van der Waals surface area contributed by atoms with E-state index < -0.39 is 40.4 Å². The van der Waals surface area contributed by atoms with Crippen LogP contribution in [0, 0.1) is 5.82 Å². The van der Waals surface area contributed by atoms with Crippen LogP contribution >= 0.6 is 11.8 Å². The van der Waals surface area contributed by atoms with E-state index in [0.29, 0.717) is 16.1 Å². The van der Waals surface area contributed by atoms with E-state index in [-0.39, 0.29) is 16.8 Å². The minimum Gasteiger partial charge on any atom is -0.478 e. The summed E-state index contributed by atoms with van der Waals surface area (Å²) in [7, 11) is 0. The van der Waals surface area contributed by atoms with Crippen molar-refractivity contribution in [1.82, 2.24) is 0 Å². The first-order valence-electron chi connectivity index (χ1n) is 11.5. The van der Waals surface area contributed by atoms with Gasteiger partial charge in [0.1, 0.15) is 11.1 Å². The van der Waals surface area contributed by atoms with Crippen molar-refractivity contribution in [3.8, 4) is 0 Å². The molecule has 4 N–H and O–H groups in total. The third-order valence-corrected chi connectivity index (χ3v) is 6.85. The van der Waals surface area contributed by atoms with Gasteiger partial charge in [0.2, 0.25) is 5.91 Å². The fourth-order valence-electron chi connectivity index (χ4n) is 3.67. The Morgan fingerprint density at radius 2 is 1.38 bits per heavy atom. The number of thioether (sulfide) groups is 1. The third-order valence-electron chi connectivity index (χ3n) is 5.58. The van der Waals surface area contributed by atoms with E-state index in [1.165, 1.54) is 30.0 Å². The van der Waals surface area contributed by atoms with Gasteiger partial charge in [0.25, 0.3) is 5.91 Å². The summed E-state index contributed by atoms with van der Waals surface area (Å²) in [6.45, 7) is 0. The van der Waals surface area contributed by atoms with Crippen LogP contribution in [0.25, 0.3) is 0 Å². The minimum absolute atomic E-state index is 0.0687. The zero-order valence-electron chi connectivity index (χ0n) is 20.1. The molecular formula is C29H21FN2O6S. The van der Waals surface area contributed by atoms with Gasteiger partial charge in [-0.15, -0.1) is 11.8 Å². The van der Waals surface area contributed by atoms with E-state index >= 15 is 0 Å². The monoisotopic (exact) mass is 544 g/mol. The largest absolute Gasteiger partial charge is 0.478 e. The summed E-state index contributed by atoms with van der Waals surface area (Å²) in [5.74, 6) is -4.44. The Kier molecular flexibility index (Phi) is 8.37. The SMILES string of the molecule is O=C(O)c1ccc(C(=O)Nc2ccc(SC(C(=O)Nc3ccccc3F)c3ccccc3)cc2)c(C(=O)O)c1. The van der Waals surface area contributed by atoms with Gasteiger partial charge < -0.3 is 20.8 Å². The number of aromatic carboxylic acids is 2. The van der Waals surface area contributed by atoms with Gasteiger partial charge in [0, 0.05) is 10.6 Å². The lowest BCUT2D eigenvalue weighted by atomic mass is 10.0. The number of carboxylic acids is 2. The predicted octanol–water partition coefficient (Wildman–Crippen LogP) is 5.95.